The summed E-state index contributed by atoms with van der Waals surface area (Å²) in [5.41, 5.74) is 7.05. The number of nitro benzene ring substituents is 1. The summed E-state index contributed by atoms with van der Waals surface area (Å²) in [7, 11) is 0. The molecule has 1 aliphatic rings. The molecule has 1 aliphatic carbocycles. The minimum absolute atomic E-state index is 0.0360. The van der Waals surface area contributed by atoms with E-state index in [1.54, 1.807) is 6.07 Å². The summed E-state index contributed by atoms with van der Waals surface area (Å²) in [6.45, 7) is 0.882. The molecule has 0 aromatic heterocycles. The SMILES string of the molecule is Nc1cc([N+](=O)[O-])ccc1NCCC1CCCC1. The monoisotopic (exact) mass is 249 g/mol. The van der Waals surface area contributed by atoms with E-state index in [9.17, 15) is 10.1 Å². The lowest BCUT2D eigenvalue weighted by Crippen LogP contribution is -2.08. The van der Waals surface area contributed by atoms with Crippen LogP contribution in [0.5, 0.6) is 0 Å². The standard InChI is InChI=1S/C13H19N3O2/c14-12-9-11(16(17)18)5-6-13(12)15-8-7-10-3-1-2-4-10/h5-6,9-10,15H,1-4,7-8,14H2. The van der Waals surface area contributed by atoms with Crippen molar-refractivity contribution in [2.45, 2.75) is 32.1 Å². The molecule has 3 N–H and O–H groups in total. The molecular weight excluding hydrogens is 230 g/mol. The van der Waals surface area contributed by atoms with Crippen molar-refractivity contribution in [2.24, 2.45) is 5.92 Å². The fourth-order valence-electron chi connectivity index (χ4n) is 2.53. The van der Waals surface area contributed by atoms with Gasteiger partial charge in [0.05, 0.1) is 16.3 Å². The first-order chi connectivity index (χ1) is 8.66. The minimum atomic E-state index is -0.432. The number of nitrogens with zero attached hydrogens (tertiary/aromatic N) is 1. The van der Waals surface area contributed by atoms with E-state index in [0.29, 0.717) is 5.69 Å². The molecule has 0 radical (unpaired) electrons. The number of nitro groups is 1. The summed E-state index contributed by atoms with van der Waals surface area (Å²) in [5, 5.41) is 13.8. The summed E-state index contributed by atoms with van der Waals surface area (Å²) in [6.07, 6.45) is 6.51. The van der Waals surface area contributed by atoms with Crippen LogP contribution in [0.4, 0.5) is 17.1 Å². The molecule has 0 bridgehead atoms. The summed E-state index contributed by atoms with van der Waals surface area (Å²) in [6, 6.07) is 4.56. The zero-order valence-electron chi connectivity index (χ0n) is 10.4. The molecule has 18 heavy (non-hydrogen) atoms. The third-order valence-corrected chi connectivity index (χ3v) is 3.59. The average Bonchev–Trinajstić information content (AvgIpc) is 2.84. The number of rotatable bonds is 5. The van der Waals surface area contributed by atoms with Gasteiger partial charge in [-0.1, -0.05) is 25.7 Å². The largest absolute Gasteiger partial charge is 0.397 e. The predicted molar refractivity (Wildman–Crippen MR) is 72.6 cm³/mol. The lowest BCUT2D eigenvalue weighted by atomic mass is 10.0. The van der Waals surface area contributed by atoms with Gasteiger partial charge in [0.2, 0.25) is 0 Å². The van der Waals surface area contributed by atoms with Crippen molar-refractivity contribution >= 4 is 17.1 Å². The maximum Gasteiger partial charge on any atom is 0.271 e. The topological polar surface area (TPSA) is 81.2 Å². The van der Waals surface area contributed by atoms with Crippen LogP contribution in [0, 0.1) is 16.0 Å². The van der Waals surface area contributed by atoms with E-state index in [2.05, 4.69) is 5.32 Å². The lowest BCUT2D eigenvalue weighted by molar-refractivity contribution is -0.384. The molecule has 0 unspecified atom stereocenters. The maximum absolute atomic E-state index is 10.6. The fourth-order valence-corrected chi connectivity index (χ4v) is 2.53. The molecule has 0 spiro atoms. The maximum atomic E-state index is 10.6. The molecule has 98 valence electrons. The Morgan fingerprint density at radius 2 is 2.11 bits per heavy atom. The van der Waals surface area contributed by atoms with Crippen LogP contribution < -0.4 is 11.1 Å². The summed E-state index contributed by atoms with van der Waals surface area (Å²) < 4.78 is 0. The minimum Gasteiger partial charge on any atom is -0.397 e. The smallest absolute Gasteiger partial charge is 0.271 e. The van der Waals surface area contributed by atoms with Crippen molar-refractivity contribution in [3.05, 3.63) is 28.3 Å². The van der Waals surface area contributed by atoms with E-state index in [1.807, 2.05) is 0 Å². The first-order valence-electron chi connectivity index (χ1n) is 6.44. The van der Waals surface area contributed by atoms with E-state index < -0.39 is 4.92 Å². The quantitative estimate of drug-likeness (QED) is 0.477. The van der Waals surface area contributed by atoms with Crippen LogP contribution in [-0.2, 0) is 0 Å². The zero-order valence-corrected chi connectivity index (χ0v) is 10.4. The van der Waals surface area contributed by atoms with Gasteiger partial charge < -0.3 is 11.1 Å². The first kappa shape index (κ1) is 12.7. The Labute approximate surface area is 107 Å². The van der Waals surface area contributed by atoms with Crippen molar-refractivity contribution in [1.82, 2.24) is 0 Å². The van der Waals surface area contributed by atoms with Crippen LogP contribution in [0.3, 0.4) is 0 Å². The van der Waals surface area contributed by atoms with Crippen LogP contribution >= 0.6 is 0 Å². The van der Waals surface area contributed by atoms with E-state index in [1.165, 1.54) is 37.8 Å². The van der Waals surface area contributed by atoms with Gasteiger partial charge in [-0.25, -0.2) is 0 Å². The molecule has 0 saturated heterocycles. The van der Waals surface area contributed by atoms with Gasteiger partial charge in [-0.2, -0.15) is 0 Å². The van der Waals surface area contributed by atoms with Crippen LogP contribution in [0.2, 0.25) is 0 Å². The Balaban J connectivity index is 1.87. The van der Waals surface area contributed by atoms with Gasteiger partial charge in [-0.15, -0.1) is 0 Å². The molecule has 0 amide bonds. The second kappa shape index (κ2) is 5.71. The fraction of sp³-hybridized carbons (Fsp3) is 0.538. The number of nitrogens with two attached hydrogens (primary N) is 1. The van der Waals surface area contributed by atoms with E-state index in [4.69, 9.17) is 5.73 Å². The van der Waals surface area contributed by atoms with Gasteiger partial charge in [-0.3, -0.25) is 10.1 Å². The van der Waals surface area contributed by atoms with Crippen molar-refractivity contribution in [1.29, 1.82) is 0 Å². The molecule has 1 saturated carbocycles. The second-order valence-electron chi connectivity index (χ2n) is 4.89. The normalized spacial score (nSPS) is 15.8. The molecule has 0 heterocycles. The molecular formula is C13H19N3O2. The molecule has 2 rings (SSSR count). The highest BCUT2D eigenvalue weighted by atomic mass is 16.6. The number of benzene rings is 1. The molecule has 5 heteroatoms. The molecule has 0 atom stereocenters. The molecule has 0 aliphatic heterocycles. The Kier molecular flexibility index (Phi) is 4.02. The van der Waals surface area contributed by atoms with E-state index in [-0.39, 0.29) is 5.69 Å². The molecule has 1 aromatic rings. The van der Waals surface area contributed by atoms with Crippen LogP contribution in [-0.4, -0.2) is 11.5 Å². The first-order valence-corrected chi connectivity index (χ1v) is 6.44. The van der Waals surface area contributed by atoms with Crippen molar-refractivity contribution in [3.63, 3.8) is 0 Å². The zero-order chi connectivity index (χ0) is 13.0. The van der Waals surface area contributed by atoms with Gasteiger partial charge in [-0.05, 0) is 18.4 Å². The highest BCUT2D eigenvalue weighted by Crippen LogP contribution is 2.28. The third-order valence-electron chi connectivity index (χ3n) is 3.59. The second-order valence-corrected chi connectivity index (χ2v) is 4.89. The summed E-state index contributed by atoms with van der Waals surface area (Å²) in [5.74, 6) is 0.830. The van der Waals surface area contributed by atoms with Crippen molar-refractivity contribution in [3.8, 4) is 0 Å². The van der Waals surface area contributed by atoms with Crippen LogP contribution in [0.25, 0.3) is 0 Å². The lowest BCUT2D eigenvalue weighted by Gasteiger charge is -2.12. The highest BCUT2D eigenvalue weighted by molar-refractivity contribution is 5.69. The van der Waals surface area contributed by atoms with Gasteiger partial charge in [0.15, 0.2) is 0 Å². The average molecular weight is 249 g/mol. The number of hydrogen-bond donors (Lipinski definition) is 2. The molecule has 5 nitrogen and oxygen atoms in total. The number of nitrogens with one attached hydrogen (secondary N) is 1. The van der Waals surface area contributed by atoms with E-state index >= 15 is 0 Å². The van der Waals surface area contributed by atoms with Crippen LogP contribution in [0.15, 0.2) is 18.2 Å². The number of nitrogen functional groups attached to an aromatic ring is 1. The summed E-state index contributed by atoms with van der Waals surface area (Å²) in [4.78, 5) is 10.2. The number of hydrogen-bond acceptors (Lipinski definition) is 4. The summed E-state index contributed by atoms with van der Waals surface area (Å²) >= 11 is 0. The Hall–Kier alpha value is -1.78. The number of non-ortho nitro benzene ring substituents is 1. The van der Waals surface area contributed by atoms with Crippen molar-refractivity contribution < 1.29 is 4.92 Å². The van der Waals surface area contributed by atoms with E-state index in [0.717, 1.165) is 24.6 Å². The molecule has 1 fully saturated rings. The Bertz CT molecular complexity index is 428. The van der Waals surface area contributed by atoms with Gasteiger partial charge >= 0.3 is 0 Å². The third kappa shape index (κ3) is 3.12. The van der Waals surface area contributed by atoms with Gasteiger partial charge in [0, 0.05) is 18.7 Å². The predicted octanol–water partition coefficient (Wildman–Crippen LogP) is 3.17. The van der Waals surface area contributed by atoms with Gasteiger partial charge in [0.1, 0.15) is 0 Å². The number of anilines is 2. The Morgan fingerprint density at radius 1 is 1.39 bits per heavy atom. The highest BCUT2D eigenvalue weighted by Gasteiger charge is 2.14. The Morgan fingerprint density at radius 3 is 2.72 bits per heavy atom. The van der Waals surface area contributed by atoms with Crippen LogP contribution in [0.1, 0.15) is 32.1 Å². The van der Waals surface area contributed by atoms with Gasteiger partial charge in [0.25, 0.3) is 5.69 Å². The van der Waals surface area contributed by atoms with Crippen molar-refractivity contribution in [2.75, 3.05) is 17.6 Å². The molecule has 1 aromatic carbocycles.